The zero-order chi connectivity index (χ0) is 22.6. The van der Waals surface area contributed by atoms with Gasteiger partial charge < -0.3 is 21.2 Å². The molecule has 0 radical (unpaired) electrons. The number of nitrogens with zero attached hydrogens (tertiary/aromatic N) is 3. The summed E-state index contributed by atoms with van der Waals surface area (Å²) in [6, 6.07) is 8.70. The van der Waals surface area contributed by atoms with Gasteiger partial charge in [0.1, 0.15) is 24.0 Å². The Balaban J connectivity index is 1.72. The molecule has 0 aliphatic carbocycles. The number of hydrogen-bond donors (Lipinski definition) is 3. The lowest BCUT2D eigenvalue weighted by Crippen LogP contribution is -2.48. The fourth-order valence-electron chi connectivity index (χ4n) is 3.24. The van der Waals surface area contributed by atoms with E-state index in [1.165, 1.54) is 0 Å². The largest absolute Gasteiger partial charge is 0.490 e. The summed E-state index contributed by atoms with van der Waals surface area (Å²) in [4.78, 5) is 21.6. The Morgan fingerprint density at radius 3 is 2.74 bits per heavy atom. The first-order valence-electron chi connectivity index (χ1n) is 10.1. The second kappa shape index (κ2) is 8.99. The second-order valence-electron chi connectivity index (χ2n) is 7.94. The molecule has 8 nitrogen and oxygen atoms in total. The van der Waals surface area contributed by atoms with Gasteiger partial charge >= 0.3 is 0 Å². The van der Waals surface area contributed by atoms with E-state index in [-0.39, 0.29) is 12.5 Å². The van der Waals surface area contributed by atoms with Gasteiger partial charge in [0.05, 0.1) is 11.1 Å². The number of benzene rings is 1. The first-order valence-corrected chi connectivity index (χ1v) is 10.1. The van der Waals surface area contributed by atoms with Gasteiger partial charge in [-0.2, -0.15) is 0 Å². The van der Waals surface area contributed by atoms with Crippen molar-refractivity contribution in [2.45, 2.75) is 39.7 Å². The van der Waals surface area contributed by atoms with E-state index < -0.39 is 5.54 Å². The number of aromatic nitrogens is 3. The number of nitrogen functional groups attached to an aromatic ring is 1. The van der Waals surface area contributed by atoms with Crippen molar-refractivity contribution in [2.24, 2.45) is 0 Å². The van der Waals surface area contributed by atoms with Crippen LogP contribution in [0, 0.1) is 5.41 Å². The van der Waals surface area contributed by atoms with E-state index in [1.54, 1.807) is 49.6 Å². The monoisotopic (exact) mass is 420 g/mol. The molecule has 1 amide bonds. The number of imidazole rings is 1. The maximum atomic E-state index is 12.9. The Hall–Kier alpha value is -3.68. The molecular weight excluding hydrogens is 392 g/mol. The van der Waals surface area contributed by atoms with Crippen molar-refractivity contribution >= 4 is 17.3 Å². The minimum Gasteiger partial charge on any atom is -0.490 e. The average molecular weight is 421 g/mol. The lowest BCUT2D eigenvalue weighted by molar-refractivity contribution is 0.0880. The van der Waals surface area contributed by atoms with Gasteiger partial charge in [-0.15, -0.1) is 0 Å². The van der Waals surface area contributed by atoms with Crippen LogP contribution in [0.2, 0.25) is 0 Å². The number of amides is 1. The van der Waals surface area contributed by atoms with E-state index in [0.717, 1.165) is 12.2 Å². The molecule has 3 rings (SSSR count). The Morgan fingerprint density at radius 2 is 2.03 bits per heavy atom. The van der Waals surface area contributed by atoms with Gasteiger partial charge in [0, 0.05) is 42.0 Å². The predicted molar refractivity (Wildman–Crippen MR) is 121 cm³/mol. The fraction of sp³-hybridized carbons (Fsp3) is 0.304. The van der Waals surface area contributed by atoms with Crippen LogP contribution >= 0.6 is 0 Å². The van der Waals surface area contributed by atoms with Crippen molar-refractivity contribution in [2.75, 3.05) is 12.3 Å². The molecule has 1 aromatic carbocycles. The maximum absolute atomic E-state index is 12.9. The number of carbonyl (C=O) groups is 1. The van der Waals surface area contributed by atoms with Gasteiger partial charge in [-0.3, -0.25) is 9.36 Å². The summed E-state index contributed by atoms with van der Waals surface area (Å²) in [6.07, 6.45) is 5.92. The van der Waals surface area contributed by atoms with Crippen molar-refractivity contribution < 1.29 is 9.53 Å². The van der Waals surface area contributed by atoms with Crippen LogP contribution in [0.5, 0.6) is 5.75 Å². The number of nitrogens with one attached hydrogen (secondary N) is 2. The molecule has 2 aromatic heterocycles. The van der Waals surface area contributed by atoms with Crippen molar-refractivity contribution in [1.82, 2.24) is 19.9 Å². The first-order chi connectivity index (χ1) is 14.7. The first kappa shape index (κ1) is 22.0. The SMILES string of the molecule is CCc1nccn1-c1cc(C(=O)NC(C)(C)COc2cccc(N)c2C(C)=N)ccn1. The number of anilines is 1. The van der Waals surface area contributed by atoms with E-state index in [2.05, 4.69) is 15.3 Å². The van der Waals surface area contributed by atoms with E-state index in [4.69, 9.17) is 15.9 Å². The van der Waals surface area contributed by atoms with Crippen LogP contribution in [0.3, 0.4) is 0 Å². The summed E-state index contributed by atoms with van der Waals surface area (Å²) in [6.45, 7) is 7.64. The van der Waals surface area contributed by atoms with Gasteiger partial charge in [0.25, 0.3) is 5.91 Å². The van der Waals surface area contributed by atoms with E-state index in [9.17, 15) is 4.79 Å². The zero-order valence-corrected chi connectivity index (χ0v) is 18.3. The smallest absolute Gasteiger partial charge is 0.252 e. The van der Waals surface area contributed by atoms with Crippen molar-refractivity contribution in [3.63, 3.8) is 0 Å². The molecule has 0 aliphatic rings. The maximum Gasteiger partial charge on any atom is 0.252 e. The van der Waals surface area contributed by atoms with Crippen LogP contribution in [-0.2, 0) is 6.42 Å². The quantitative estimate of drug-likeness (QED) is 0.381. The minimum atomic E-state index is -0.665. The third-order valence-electron chi connectivity index (χ3n) is 4.76. The third-order valence-corrected chi connectivity index (χ3v) is 4.76. The second-order valence-corrected chi connectivity index (χ2v) is 7.94. The molecule has 0 spiro atoms. The van der Waals surface area contributed by atoms with Crippen LogP contribution in [0.15, 0.2) is 48.9 Å². The summed E-state index contributed by atoms with van der Waals surface area (Å²) >= 11 is 0. The van der Waals surface area contributed by atoms with Crippen LogP contribution in [-0.4, -0.2) is 38.3 Å². The molecular formula is C23H28N6O2. The van der Waals surface area contributed by atoms with Crippen LogP contribution in [0.25, 0.3) is 5.82 Å². The van der Waals surface area contributed by atoms with Gasteiger partial charge in [-0.05, 0) is 45.0 Å². The number of rotatable bonds is 8. The molecule has 4 N–H and O–H groups in total. The third kappa shape index (κ3) is 5.09. The summed E-state index contributed by atoms with van der Waals surface area (Å²) in [5, 5.41) is 10.9. The molecule has 8 heteroatoms. The Kier molecular flexibility index (Phi) is 6.39. The molecule has 162 valence electrons. The molecule has 0 aliphatic heterocycles. The molecule has 0 atom stereocenters. The van der Waals surface area contributed by atoms with Crippen molar-refractivity contribution in [3.8, 4) is 11.6 Å². The summed E-state index contributed by atoms with van der Waals surface area (Å²) < 4.78 is 7.80. The average Bonchev–Trinajstić information content (AvgIpc) is 3.21. The number of pyridine rings is 1. The summed E-state index contributed by atoms with van der Waals surface area (Å²) in [5.74, 6) is 1.81. The van der Waals surface area contributed by atoms with Crippen LogP contribution in [0.4, 0.5) is 5.69 Å². The number of nitrogens with two attached hydrogens (primary N) is 1. The van der Waals surface area contributed by atoms with E-state index >= 15 is 0 Å². The molecule has 0 fully saturated rings. The molecule has 3 aromatic rings. The van der Waals surface area contributed by atoms with Crippen LogP contribution < -0.4 is 15.8 Å². The topological polar surface area (TPSA) is 119 Å². The van der Waals surface area contributed by atoms with E-state index in [1.807, 2.05) is 31.5 Å². The lowest BCUT2D eigenvalue weighted by Gasteiger charge is -2.27. The molecule has 0 saturated heterocycles. The van der Waals surface area contributed by atoms with E-state index in [0.29, 0.717) is 34.1 Å². The predicted octanol–water partition coefficient (Wildman–Crippen LogP) is 3.39. The minimum absolute atomic E-state index is 0.210. The van der Waals surface area contributed by atoms with Gasteiger partial charge in [0.15, 0.2) is 0 Å². The number of aryl methyl sites for hydroxylation is 1. The van der Waals surface area contributed by atoms with Gasteiger partial charge in [0.2, 0.25) is 0 Å². The molecule has 31 heavy (non-hydrogen) atoms. The highest BCUT2D eigenvalue weighted by Crippen LogP contribution is 2.25. The van der Waals surface area contributed by atoms with Crippen molar-refractivity contribution in [1.29, 1.82) is 5.41 Å². The highest BCUT2D eigenvalue weighted by atomic mass is 16.5. The zero-order valence-electron chi connectivity index (χ0n) is 18.3. The molecule has 2 heterocycles. The Labute approximate surface area is 182 Å². The Morgan fingerprint density at radius 1 is 1.26 bits per heavy atom. The molecule has 0 bridgehead atoms. The van der Waals surface area contributed by atoms with Gasteiger partial charge in [-0.1, -0.05) is 13.0 Å². The summed E-state index contributed by atoms with van der Waals surface area (Å²) in [7, 11) is 0. The van der Waals surface area contributed by atoms with Crippen molar-refractivity contribution in [3.05, 3.63) is 65.9 Å². The summed E-state index contributed by atoms with van der Waals surface area (Å²) in [5.41, 5.74) is 7.20. The van der Waals surface area contributed by atoms with Gasteiger partial charge in [-0.25, -0.2) is 9.97 Å². The van der Waals surface area contributed by atoms with Crippen LogP contribution in [0.1, 0.15) is 49.4 Å². The highest BCUT2D eigenvalue weighted by Gasteiger charge is 2.24. The number of hydrogen-bond acceptors (Lipinski definition) is 6. The molecule has 0 unspecified atom stereocenters. The number of ether oxygens (including phenoxy) is 1. The Bertz CT molecular complexity index is 1100. The fourth-order valence-corrected chi connectivity index (χ4v) is 3.24. The highest BCUT2D eigenvalue weighted by molar-refractivity contribution is 6.03. The lowest BCUT2D eigenvalue weighted by atomic mass is 10.1. The standard InChI is InChI=1S/C23H28N6O2/c1-5-19-27-11-12-29(19)20-13-16(9-10-26-20)22(30)28-23(3,4)14-31-18-8-6-7-17(25)21(18)15(2)24/h6-13,24H,5,14,25H2,1-4H3,(H,28,30). The molecule has 0 saturated carbocycles. The number of carbonyl (C=O) groups excluding carboxylic acids is 1. The normalized spacial score (nSPS) is 11.2.